The Labute approximate surface area is 291 Å². The summed E-state index contributed by atoms with van der Waals surface area (Å²) in [6.45, 7) is 13.0. The molecule has 0 bridgehead atoms. The molecule has 10 heteroatoms. The monoisotopic (exact) mass is 670 g/mol. The number of aryl methyl sites for hydroxylation is 1. The Morgan fingerprint density at radius 2 is 1.48 bits per heavy atom. The number of ether oxygens (including phenoxy) is 2. The SMILES string of the molecule is Cc1cc(-c2ccc3nn4cc(-c5ccccc5)c(-c5ccc(C6(NC(=O)OC(C)(C)C)CCC6)cc5)nc4c3c2)n(C(=O)OC(C)(C)C)n1. The topological polar surface area (TPSA) is 113 Å². The number of amides is 1. The van der Waals surface area contributed by atoms with Crippen LogP contribution in [0.3, 0.4) is 0 Å². The van der Waals surface area contributed by atoms with E-state index in [-0.39, 0.29) is 0 Å². The van der Waals surface area contributed by atoms with Crippen LogP contribution in [0.5, 0.6) is 0 Å². The van der Waals surface area contributed by atoms with Crippen molar-refractivity contribution >= 4 is 28.7 Å². The van der Waals surface area contributed by atoms with Gasteiger partial charge in [0.15, 0.2) is 5.65 Å². The molecule has 7 rings (SSSR count). The molecule has 0 spiro atoms. The number of rotatable bonds is 5. The summed E-state index contributed by atoms with van der Waals surface area (Å²) in [7, 11) is 0. The highest BCUT2D eigenvalue weighted by Crippen LogP contribution is 2.43. The summed E-state index contributed by atoms with van der Waals surface area (Å²) in [5.74, 6) is 0. The van der Waals surface area contributed by atoms with E-state index in [2.05, 4.69) is 46.8 Å². The maximum absolute atomic E-state index is 13.1. The van der Waals surface area contributed by atoms with Gasteiger partial charge in [-0.1, -0.05) is 60.7 Å². The lowest BCUT2D eigenvalue weighted by Gasteiger charge is -2.43. The van der Waals surface area contributed by atoms with Gasteiger partial charge in [0.2, 0.25) is 0 Å². The third kappa shape index (κ3) is 6.45. The zero-order chi connectivity index (χ0) is 35.4. The average molecular weight is 671 g/mol. The van der Waals surface area contributed by atoms with E-state index in [1.165, 1.54) is 4.68 Å². The third-order valence-corrected chi connectivity index (χ3v) is 8.83. The normalized spacial score (nSPS) is 14.4. The first kappa shape index (κ1) is 33.0. The van der Waals surface area contributed by atoms with Crippen molar-refractivity contribution in [3.63, 3.8) is 0 Å². The molecule has 256 valence electrons. The summed E-state index contributed by atoms with van der Waals surface area (Å²) in [6.07, 6.45) is 3.80. The highest BCUT2D eigenvalue weighted by atomic mass is 16.6. The van der Waals surface area contributed by atoms with Crippen molar-refractivity contribution in [1.29, 1.82) is 0 Å². The van der Waals surface area contributed by atoms with E-state index in [4.69, 9.17) is 19.6 Å². The Morgan fingerprint density at radius 3 is 2.12 bits per heavy atom. The molecule has 0 aliphatic heterocycles. The molecular formula is C40H42N6O4. The number of hydrogen-bond donors (Lipinski definition) is 1. The smallest absolute Gasteiger partial charge is 0.435 e. The second-order valence-corrected chi connectivity index (χ2v) is 15.1. The minimum atomic E-state index is -0.664. The van der Waals surface area contributed by atoms with E-state index in [9.17, 15) is 9.59 Å². The van der Waals surface area contributed by atoms with Crippen LogP contribution in [-0.4, -0.2) is 47.8 Å². The first-order chi connectivity index (χ1) is 23.7. The molecule has 3 heterocycles. The van der Waals surface area contributed by atoms with Gasteiger partial charge in [0.25, 0.3) is 0 Å². The number of carbonyl (C=O) groups is 2. The van der Waals surface area contributed by atoms with E-state index < -0.39 is 28.9 Å². The third-order valence-electron chi connectivity index (χ3n) is 8.83. The second kappa shape index (κ2) is 12.1. The number of aromatic nitrogens is 5. The van der Waals surface area contributed by atoms with E-state index in [1.807, 2.05) is 102 Å². The minimum Gasteiger partial charge on any atom is -0.444 e. The van der Waals surface area contributed by atoms with Gasteiger partial charge in [-0.3, -0.25) is 0 Å². The molecule has 6 aromatic rings. The number of benzene rings is 3. The number of nitrogens with one attached hydrogen (secondary N) is 1. The Bertz CT molecular complexity index is 2230. The van der Waals surface area contributed by atoms with Crippen molar-refractivity contribution in [2.75, 3.05) is 0 Å². The fourth-order valence-corrected chi connectivity index (χ4v) is 6.46. The Balaban J connectivity index is 1.31. The predicted octanol–water partition coefficient (Wildman–Crippen LogP) is 9.08. The van der Waals surface area contributed by atoms with Crippen molar-refractivity contribution in [2.24, 2.45) is 0 Å². The molecule has 1 amide bonds. The van der Waals surface area contributed by atoms with Crippen LogP contribution in [0.25, 0.3) is 50.2 Å². The highest BCUT2D eigenvalue weighted by Gasteiger charge is 2.41. The second-order valence-electron chi connectivity index (χ2n) is 15.1. The van der Waals surface area contributed by atoms with Crippen LogP contribution in [0.2, 0.25) is 0 Å². The maximum atomic E-state index is 13.1. The van der Waals surface area contributed by atoms with Crippen LogP contribution in [0.15, 0.2) is 85.1 Å². The summed E-state index contributed by atoms with van der Waals surface area (Å²) >= 11 is 0. The lowest BCUT2D eigenvalue weighted by molar-refractivity contribution is 0.0376. The van der Waals surface area contributed by atoms with Gasteiger partial charge in [-0.2, -0.15) is 14.9 Å². The van der Waals surface area contributed by atoms with Crippen LogP contribution in [0.4, 0.5) is 9.59 Å². The number of carbonyl (C=O) groups excluding carboxylic acids is 2. The Morgan fingerprint density at radius 1 is 0.800 bits per heavy atom. The molecule has 1 aliphatic rings. The van der Waals surface area contributed by atoms with Crippen LogP contribution in [-0.2, 0) is 15.0 Å². The first-order valence-corrected chi connectivity index (χ1v) is 17.0. The van der Waals surface area contributed by atoms with Gasteiger partial charge < -0.3 is 14.8 Å². The van der Waals surface area contributed by atoms with Gasteiger partial charge >= 0.3 is 12.2 Å². The number of alkyl carbamates (subject to hydrolysis) is 1. The van der Waals surface area contributed by atoms with Crippen LogP contribution >= 0.6 is 0 Å². The average Bonchev–Trinajstić information content (AvgIpc) is 3.60. The molecule has 50 heavy (non-hydrogen) atoms. The lowest BCUT2D eigenvalue weighted by Crippen LogP contribution is -2.52. The van der Waals surface area contributed by atoms with E-state index in [1.54, 1.807) is 0 Å². The van der Waals surface area contributed by atoms with Crippen LogP contribution < -0.4 is 5.32 Å². The Kier molecular flexibility index (Phi) is 8.00. The van der Waals surface area contributed by atoms with Gasteiger partial charge in [0, 0.05) is 28.3 Å². The van der Waals surface area contributed by atoms with Gasteiger partial charge in [-0.05, 0) is 97.1 Å². The van der Waals surface area contributed by atoms with E-state index >= 15 is 0 Å². The quantitative estimate of drug-likeness (QED) is 0.195. The van der Waals surface area contributed by atoms with Crippen molar-refractivity contribution in [1.82, 2.24) is 29.7 Å². The van der Waals surface area contributed by atoms with E-state index in [0.29, 0.717) is 17.0 Å². The van der Waals surface area contributed by atoms with Crippen LogP contribution in [0, 0.1) is 6.92 Å². The molecule has 10 nitrogen and oxygen atoms in total. The van der Waals surface area contributed by atoms with Crippen molar-refractivity contribution in [2.45, 2.75) is 84.5 Å². The van der Waals surface area contributed by atoms with Crippen molar-refractivity contribution in [3.8, 4) is 33.6 Å². The molecule has 0 unspecified atom stereocenters. The standard InChI is InChI=1S/C40H42N6O4/c1-25-22-33(46(43-25)37(48)50-39(5,6)7)28-16-19-32-30(23-28)35-41-34(31(24-45(35)44-32)26-12-9-8-10-13-26)27-14-17-29(18-15-27)40(20-11-21-40)42-36(47)49-38(2,3)4/h8-10,12-19,22-24H,11,20-21H2,1-7H3,(H,42,47). The van der Waals surface area contributed by atoms with Gasteiger partial charge in [0.1, 0.15) is 11.2 Å². The summed E-state index contributed by atoms with van der Waals surface area (Å²) in [4.78, 5) is 31.2. The first-order valence-electron chi connectivity index (χ1n) is 17.0. The minimum absolute atomic E-state index is 0.406. The zero-order valence-electron chi connectivity index (χ0n) is 29.6. The summed E-state index contributed by atoms with van der Waals surface area (Å²) in [5.41, 5.74) is 6.61. The van der Waals surface area contributed by atoms with Crippen molar-refractivity contribution < 1.29 is 19.1 Å². The highest BCUT2D eigenvalue weighted by molar-refractivity contribution is 5.97. The predicted molar refractivity (Wildman–Crippen MR) is 194 cm³/mol. The summed E-state index contributed by atoms with van der Waals surface area (Å²) < 4.78 is 14.4. The fourth-order valence-electron chi connectivity index (χ4n) is 6.46. The fraction of sp³-hybridized carbons (Fsp3) is 0.325. The molecule has 0 atom stereocenters. The molecule has 1 fully saturated rings. The maximum Gasteiger partial charge on any atom is 0.435 e. The number of fused-ring (bicyclic) bond motifs is 3. The molecule has 1 saturated carbocycles. The Hall–Kier alpha value is -5.51. The number of nitrogens with zero attached hydrogens (tertiary/aromatic N) is 5. The summed E-state index contributed by atoms with van der Waals surface area (Å²) in [5, 5.41) is 13.3. The molecule has 3 aromatic heterocycles. The van der Waals surface area contributed by atoms with Gasteiger partial charge in [-0.25, -0.2) is 19.1 Å². The summed E-state index contributed by atoms with van der Waals surface area (Å²) in [6, 6.07) is 26.2. The lowest BCUT2D eigenvalue weighted by atomic mass is 9.71. The van der Waals surface area contributed by atoms with Crippen LogP contribution in [0.1, 0.15) is 72.1 Å². The molecule has 0 saturated heterocycles. The molecule has 1 N–H and O–H groups in total. The van der Waals surface area contributed by atoms with E-state index in [0.717, 1.165) is 63.7 Å². The van der Waals surface area contributed by atoms with Gasteiger partial charge in [0.05, 0.1) is 28.1 Å². The molecular weight excluding hydrogens is 628 g/mol. The largest absolute Gasteiger partial charge is 0.444 e. The zero-order valence-corrected chi connectivity index (χ0v) is 29.6. The van der Waals surface area contributed by atoms with Gasteiger partial charge in [-0.15, -0.1) is 0 Å². The number of hydrogen-bond acceptors (Lipinski definition) is 7. The van der Waals surface area contributed by atoms with Crippen molar-refractivity contribution in [3.05, 3.63) is 96.3 Å². The molecule has 3 aromatic carbocycles. The molecule has 1 aliphatic carbocycles. The molecule has 0 radical (unpaired) electrons.